The van der Waals surface area contributed by atoms with Crippen LogP contribution in [0.25, 0.3) is 0 Å². The number of hydrogen-bond donors (Lipinski definition) is 3. The summed E-state index contributed by atoms with van der Waals surface area (Å²) >= 11 is 0. The molecule has 0 aromatic carbocycles. The van der Waals surface area contributed by atoms with E-state index in [1.807, 2.05) is 48.5 Å². The van der Waals surface area contributed by atoms with Gasteiger partial charge < -0.3 is 110 Å². The molecule has 8 aliphatic heterocycles. The first-order valence-electron chi connectivity index (χ1n) is 35.2. The molecule has 7 saturated heterocycles. The van der Waals surface area contributed by atoms with Crippen molar-refractivity contribution in [2.24, 2.45) is 28.6 Å². The van der Waals surface area contributed by atoms with E-state index in [1.54, 1.807) is 41.4 Å². The number of hydrogen-bond acceptors (Lipinski definition) is 27. The van der Waals surface area contributed by atoms with Crippen LogP contribution < -0.4 is 0 Å². The van der Waals surface area contributed by atoms with Crippen molar-refractivity contribution in [1.29, 1.82) is 0 Å². The number of aliphatic hydroxyl groups excluding tert-OH is 2. The van der Waals surface area contributed by atoms with Crippen molar-refractivity contribution < 1.29 is 129 Å². The molecule has 96 heavy (non-hydrogen) atoms. The molecule has 0 unspecified atom stereocenters. The van der Waals surface area contributed by atoms with Crippen LogP contribution in [0.4, 0.5) is 0 Å². The molecule has 548 valence electrons. The molecule has 27 heteroatoms. The summed E-state index contributed by atoms with van der Waals surface area (Å²) in [7, 11) is 9.36. The third kappa shape index (κ3) is 14.1. The van der Waals surface area contributed by atoms with E-state index >= 15 is 0 Å². The Kier molecular flexibility index (Phi) is 23.0. The SMILES string of the molecule is COC1=C[C@H](C)O[C@@H](O[C@@H]2CC[C@@]3(C)C(=CC[C@H]4[C@H]5CC[C@](O)([C@@H](C)O[C@@H]6O[C@H]7OC[C@]8(C[C@@H](OC)[C@H](O[C@H]9C[C@H](OC)[C@H](O[C@H]%10C[C@H](OC)[C@H](O[C@H]%11C[C@H](OC)[C@H](O[C@@H]%12O[C@H](C)[C@H](O)[C@H](OC)[C@H]%12O)[C@@H](C)O%11)[C@@H](C)O%10)[C@@H](C)O9)[C@@H](C)O8)OO[C@@H]7[C@@H](C)O6)[C@@]5(C)CC[C@@H]43)C2)C1=O. The van der Waals surface area contributed by atoms with E-state index in [4.69, 9.17) is 109 Å². The van der Waals surface area contributed by atoms with Gasteiger partial charge in [-0.3, -0.25) is 9.53 Å². The Morgan fingerprint density at radius 1 is 0.604 bits per heavy atom. The first-order valence-corrected chi connectivity index (χ1v) is 35.2. The monoisotopic (exact) mass is 1370 g/mol. The van der Waals surface area contributed by atoms with Crippen molar-refractivity contribution in [3.05, 3.63) is 23.5 Å². The second-order valence-electron chi connectivity index (χ2n) is 29.7. The van der Waals surface area contributed by atoms with Crippen molar-refractivity contribution in [3.63, 3.8) is 0 Å². The van der Waals surface area contributed by atoms with Gasteiger partial charge in [0.15, 0.2) is 43.3 Å². The molecule has 1 spiro atoms. The Hall–Kier alpha value is -2.05. The number of ether oxygens (including phenoxy) is 21. The van der Waals surface area contributed by atoms with Gasteiger partial charge in [-0.15, -0.1) is 0 Å². The van der Waals surface area contributed by atoms with Gasteiger partial charge in [-0.1, -0.05) is 25.5 Å². The predicted molar refractivity (Wildman–Crippen MR) is 332 cm³/mol. The Balaban J connectivity index is 0.606. The summed E-state index contributed by atoms with van der Waals surface area (Å²) in [6, 6.07) is 0. The summed E-state index contributed by atoms with van der Waals surface area (Å²) in [5.41, 5.74) is -0.175. The normalized spacial score (nSPS) is 51.8. The molecule has 12 rings (SSSR count). The van der Waals surface area contributed by atoms with Crippen LogP contribution in [0.1, 0.15) is 146 Å². The Morgan fingerprint density at radius 2 is 1.20 bits per heavy atom. The maximum absolute atomic E-state index is 13.1. The third-order valence-electron chi connectivity index (χ3n) is 24.1. The summed E-state index contributed by atoms with van der Waals surface area (Å²) in [5.74, 6) is -0.269. The second-order valence-corrected chi connectivity index (χ2v) is 29.7. The number of aliphatic hydroxyl groups is 3. The number of rotatable bonds is 19. The van der Waals surface area contributed by atoms with E-state index in [9.17, 15) is 20.1 Å². The molecule has 8 heterocycles. The number of carbonyl (C=O) groups excluding carboxylic acids is 1. The zero-order chi connectivity index (χ0) is 68.5. The topological polar surface area (TPSA) is 290 Å². The van der Waals surface area contributed by atoms with E-state index in [1.165, 1.54) is 19.8 Å². The Bertz CT molecular complexity index is 2670. The lowest BCUT2D eigenvalue weighted by Crippen LogP contribution is -2.61. The quantitative estimate of drug-likeness (QED) is 0.103. The lowest BCUT2D eigenvalue weighted by atomic mass is 9.46. The molecule has 0 radical (unpaired) electrons. The Labute approximate surface area is 564 Å². The summed E-state index contributed by atoms with van der Waals surface area (Å²) in [6.07, 6.45) is -6.01. The van der Waals surface area contributed by atoms with Crippen LogP contribution in [0, 0.1) is 28.6 Å². The number of methoxy groups -OCH3 is 6. The van der Waals surface area contributed by atoms with Crippen molar-refractivity contribution in [1.82, 2.24) is 0 Å². The van der Waals surface area contributed by atoms with Gasteiger partial charge in [-0.05, 0) is 136 Å². The van der Waals surface area contributed by atoms with E-state index in [0.29, 0.717) is 37.5 Å². The molecule has 27 nitrogen and oxygen atoms in total. The average Bonchev–Trinajstić information content (AvgIpc) is 1.44. The van der Waals surface area contributed by atoms with Crippen molar-refractivity contribution in [2.45, 2.75) is 330 Å². The summed E-state index contributed by atoms with van der Waals surface area (Å²) in [5, 5.41) is 34.4. The second kappa shape index (κ2) is 30.0. The Morgan fingerprint density at radius 3 is 1.79 bits per heavy atom. The van der Waals surface area contributed by atoms with Crippen LogP contribution in [0.5, 0.6) is 0 Å². The zero-order valence-electron chi connectivity index (χ0n) is 58.9. The van der Waals surface area contributed by atoms with Crippen LogP contribution in [-0.4, -0.2) is 254 Å². The molecule has 10 fully saturated rings. The molecular weight excluding hydrogens is 1260 g/mol. The minimum Gasteiger partial charge on any atom is -0.493 e. The number of carbonyl (C=O) groups is 1. The van der Waals surface area contributed by atoms with Gasteiger partial charge in [0.05, 0.1) is 92.1 Å². The van der Waals surface area contributed by atoms with Gasteiger partial charge in [-0.2, -0.15) is 4.89 Å². The third-order valence-corrected chi connectivity index (χ3v) is 24.1. The van der Waals surface area contributed by atoms with E-state index < -0.39 is 177 Å². The van der Waals surface area contributed by atoms with Gasteiger partial charge in [0.2, 0.25) is 12.1 Å². The fourth-order valence-electron chi connectivity index (χ4n) is 18.6. The maximum atomic E-state index is 13.1. The van der Waals surface area contributed by atoms with E-state index in [0.717, 1.165) is 44.9 Å². The first kappa shape index (κ1) is 73.7. The highest BCUT2D eigenvalue weighted by molar-refractivity contribution is 5.96. The number of fused-ring (bicyclic) bond motifs is 6. The molecular formula is C69H110O27. The fraction of sp³-hybridized carbons (Fsp3) is 0.928. The minimum absolute atomic E-state index is 0.00285. The molecule has 0 aromatic heterocycles. The predicted octanol–water partition coefficient (Wildman–Crippen LogP) is 5.70. The van der Waals surface area contributed by atoms with Crippen LogP contribution in [-0.2, 0) is 114 Å². The highest BCUT2D eigenvalue weighted by Gasteiger charge is 2.67. The number of ketones is 1. The standard InChI is InChI=1S/C69H110O27/c1-32-25-45(74-11)54(71)62(81-32)88-41-19-22-66(9)40(26-41)17-18-42-43(66)20-23-67(10)44(42)21-24-69(67,73)39(8)87-65-86-37(6)60-64(93-65)80-31-68(96-95-60)30-49(78-15)59(38(7)94-68)91-52-28-47(76-13)57(35(4)83-52)89-50-27-46(75-12)56(34(3)82-50)90-51-29-48(77-14)58(36(5)84-51)92-63-55(72)61(79-16)53(70)33(2)85-63/h17,25,32-39,41-44,46-53,55-65,70,72-73H,18-24,26-31H2,1-16H3/t32-,33+,34+,35+,36+,37+,38+,39+,41+,42+,43-,44+,46-,47-,48-,49+,50-,51-,52-,53-,55+,56+,57+,58+,59+,60+,61-,62-,63-,64+,65+,66-,67-,68-,69-/m0/s1. The molecule has 35 atom stereocenters. The number of Topliss-reactive ketones (excluding diaryl/α,β-unsaturated/α-hetero) is 1. The van der Waals surface area contributed by atoms with E-state index in [-0.39, 0.29) is 48.1 Å². The smallest absolute Gasteiger partial charge is 0.274 e. The molecule has 3 saturated carbocycles. The van der Waals surface area contributed by atoms with Gasteiger partial charge >= 0.3 is 0 Å². The molecule has 4 aliphatic carbocycles. The largest absolute Gasteiger partial charge is 0.493 e. The van der Waals surface area contributed by atoms with Crippen LogP contribution >= 0.6 is 0 Å². The van der Waals surface area contributed by atoms with Crippen molar-refractivity contribution >= 4 is 5.78 Å². The summed E-state index contributed by atoms with van der Waals surface area (Å²) < 4.78 is 131. The van der Waals surface area contributed by atoms with Gasteiger partial charge in [0.25, 0.3) is 12.3 Å². The van der Waals surface area contributed by atoms with Gasteiger partial charge in [-0.25, -0.2) is 4.89 Å². The summed E-state index contributed by atoms with van der Waals surface area (Å²) in [4.78, 5) is 25.4. The lowest BCUT2D eigenvalue weighted by molar-refractivity contribution is -0.489. The van der Waals surface area contributed by atoms with Crippen molar-refractivity contribution in [2.75, 3.05) is 49.3 Å². The van der Waals surface area contributed by atoms with Crippen molar-refractivity contribution in [3.8, 4) is 0 Å². The molecule has 0 amide bonds. The summed E-state index contributed by atoms with van der Waals surface area (Å²) in [6.45, 7) is 18.3. The molecule has 3 N–H and O–H groups in total. The zero-order valence-corrected chi connectivity index (χ0v) is 58.9. The maximum Gasteiger partial charge on any atom is 0.274 e. The average molecular weight is 1370 g/mol. The van der Waals surface area contributed by atoms with Gasteiger partial charge in [0.1, 0.15) is 49.3 Å². The molecule has 0 bridgehead atoms. The highest BCUT2D eigenvalue weighted by Crippen LogP contribution is 2.68. The highest BCUT2D eigenvalue weighted by atomic mass is 17.2. The first-order chi connectivity index (χ1) is 45.8. The van der Waals surface area contributed by atoms with Gasteiger partial charge in [0, 0.05) is 66.6 Å². The van der Waals surface area contributed by atoms with Crippen LogP contribution in [0.3, 0.4) is 0 Å². The molecule has 12 aliphatic rings. The minimum atomic E-state index is -1.42. The van der Waals surface area contributed by atoms with Crippen LogP contribution in [0.2, 0.25) is 0 Å². The van der Waals surface area contributed by atoms with E-state index in [2.05, 4.69) is 19.9 Å². The molecule has 0 aromatic rings. The number of allylic oxidation sites excluding steroid dienone is 1. The van der Waals surface area contributed by atoms with Crippen LogP contribution in [0.15, 0.2) is 23.5 Å². The fourth-order valence-corrected chi connectivity index (χ4v) is 18.6. The lowest BCUT2D eigenvalue weighted by Gasteiger charge is -2.59.